The molecule has 2 fully saturated rings. The molecule has 0 amide bonds. The van der Waals surface area contributed by atoms with E-state index >= 15 is 0 Å². The summed E-state index contributed by atoms with van der Waals surface area (Å²) in [6.07, 6.45) is 2.21. The number of aliphatic imine (C=N–C) groups is 1. The molecule has 5 atom stereocenters. The van der Waals surface area contributed by atoms with Gasteiger partial charge in [0.25, 0.3) is 0 Å². The molecule has 0 aromatic rings. The van der Waals surface area contributed by atoms with Crippen LogP contribution in [-0.4, -0.2) is 63.4 Å². The summed E-state index contributed by atoms with van der Waals surface area (Å²) in [5, 5.41) is 32.1. The number of aliphatic hydroxyl groups is 3. The van der Waals surface area contributed by atoms with Gasteiger partial charge in [-0.15, -0.1) is 6.42 Å². The standard InChI is InChI=1S/C10H14N2O4S/c1-2-3-11-10-12-6-8(15)7(14)5(4-13)16-9(6)17-10/h1,5-9,13-15H,3-4H2,(H,11,12). The lowest BCUT2D eigenvalue weighted by Crippen LogP contribution is -2.59. The van der Waals surface area contributed by atoms with E-state index in [1.54, 1.807) is 0 Å². The monoisotopic (exact) mass is 258 g/mol. The predicted molar refractivity (Wildman–Crippen MR) is 63.4 cm³/mol. The van der Waals surface area contributed by atoms with Gasteiger partial charge in [-0.25, -0.2) is 4.99 Å². The Bertz CT molecular complexity index is 357. The van der Waals surface area contributed by atoms with Crippen molar-refractivity contribution in [1.82, 2.24) is 5.32 Å². The average molecular weight is 258 g/mol. The van der Waals surface area contributed by atoms with Crippen molar-refractivity contribution in [1.29, 1.82) is 0 Å². The Morgan fingerprint density at radius 1 is 1.47 bits per heavy atom. The van der Waals surface area contributed by atoms with Gasteiger partial charge in [0.15, 0.2) is 5.17 Å². The van der Waals surface area contributed by atoms with Crippen LogP contribution in [0.3, 0.4) is 0 Å². The van der Waals surface area contributed by atoms with Crippen molar-refractivity contribution in [3.63, 3.8) is 0 Å². The third kappa shape index (κ3) is 2.41. The zero-order valence-electron chi connectivity index (χ0n) is 8.98. The van der Waals surface area contributed by atoms with Gasteiger partial charge in [0, 0.05) is 0 Å². The quantitative estimate of drug-likeness (QED) is 0.433. The van der Waals surface area contributed by atoms with Crippen LogP contribution in [0.5, 0.6) is 0 Å². The van der Waals surface area contributed by atoms with Crippen molar-refractivity contribution in [3.05, 3.63) is 0 Å². The van der Waals surface area contributed by atoms with Crippen LogP contribution in [0, 0.1) is 12.3 Å². The fourth-order valence-corrected chi connectivity index (χ4v) is 2.96. The maximum Gasteiger partial charge on any atom is 0.160 e. The van der Waals surface area contributed by atoms with Gasteiger partial charge in [-0.3, -0.25) is 0 Å². The van der Waals surface area contributed by atoms with Crippen LogP contribution < -0.4 is 5.32 Å². The van der Waals surface area contributed by atoms with Crippen molar-refractivity contribution >= 4 is 16.9 Å². The molecule has 0 radical (unpaired) electrons. The average Bonchev–Trinajstić information content (AvgIpc) is 2.74. The van der Waals surface area contributed by atoms with Crippen molar-refractivity contribution in [2.75, 3.05) is 13.2 Å². The second kappa shape index (κ2) is 5.25. The van der Waals surface area contributed by atoms with Gasteiger partial charge in [0.2, 0.25) is 0 Å². The van der Waals surface area contributed by atoms with Crippen molar-refractivity contribution in [3.8, 4) is 12.3 Å². The molecule has 94 valence electrons. The normalized spacial score (nSPS) is 42.9. The largest absolute Gasteiger partial charge is 0.394 e. The molecule has 0 saturated carbocycles. The molecule has 5 unspecified atom stereocenters. The minimum absolute atomic E-state index is 0.247. The lowest BCUT2D eigenvalue weighted by atomic mass is 9.98. The number of terminal acetylenes is 1. The highest BCUT2D eigenvalue weighted by Crippen LogP contribution is 2.33. The van der Waals surface area contributed by atoms with E-state index in [2.05, 4.69) is 16.2 Å². The number of fused-ring (bicyclic) bond motifs is 1. The summed E-state index contributed by atoms with van der Waals surface area (Å²) in [6, 6.07) is -0.436. The first-order chi connectivity index (χ1) is 8.17. The molecule has 0 aromatic heterocycles. The van der Waals surface area contributed by atoms with Gasteiger partial charge in [-0.1, -0.05) is 17.7 Å². The Morgan fingerprint density at radius 3 is 2.88 bits per heavy atom. The van der Waals surface area contributed by atoms with Crippen LogP contribution >= 0.6 is 11.8 Å². The molecule has 17 heavy (non-hydrogen) atoms. The van der Waals surface area contributed by atoms with Crippen LogP contribution in [0.2, 0.25) is 0 Å². The summed E-state index contributed by atoms with van der Waals surface area (Å²) in [5.41, 5.74) is -0.373. The van der Waals surface area contributed by atoms with E-state index in [1.807, 2.05) is 0 Å². The second-order valence-electron chi connectivity index (χ2n) is 3.82. The minimum atomic E-state index is -1.11. The van der Waals surface area contributed by atoms with Crippen molar-refractivity contribution < 1.29 is 20.1 Å². The van der Waals surface area contributed by atoms with Crippen LogP contribution in [0.15, 0.2) is 4.99 Å². The summed E-state index contributed by atoms with van der Waals surface area (Å²) >= 11 is 1.30. The number of rotatable bonds is 2. The highest BCUT2D eigenvalue weighted by Gasteiger charge is 2.48. The predicted octanol–water partition coefficient (Wildman–Crippen LogP) is -1.88. The molecule has 2 aliphatic heterocycles. The third-order valence-corrected chi connectivity index (χ3v) is 3.82. The molecule has 0 spiro atoms. The molecule has 6 nitrogen and oxygen atoms in total. The van der Waals surface area contributed by atoms with E-state index in [-0.39, 0.29) is 18.6 Å². The number of thioether (sulfide) groups is 1. The molecular weight excluding hydrogens is 244 g/mol. The van der Waals surface area contributed by atoms with Crippen LogP contribution in [0.25, 0.3) is 0 Å². The Kier molecular flexibility index (Phi) is 3.91. The third-order valence-electron chi connectivity index (χ3n) is 2.71. The van der Waals surface area contributed by atoms with E-state index < -0.39 is 24.4 Å². The SMILES string of the molecule is C#CCN=C1NC2C(OC(CO)C(O)C2O)S1. The maximum atomic E-state index is 9.88. The lowest BCUT2D eigenvalue weighted by Gasteiger charge is -2.38. The van der Waals surface area contributed by atoms with E-state index in [9.17, 15) is 10.2 Å². The molecule has 2 saturated heterocycles. The Morgan fingerprint density at radius 2 is 2.24 bits per heavy atom. The van der Waals surface area contributed by atoms with E-state index in [4.69, 9.17) is 16.3 Å². The smallest absolute Gasteiger partial charge is 0.160 e. The van der Waals surface area contributed by atoms with Gasteiger partial charge >= 0.3 is 0 Å². The summed E-state index contributed by atoms with van der Waals surface area (Å²) in [4.78, 5) is 4.07. The lowest BCUT2D eigenvalue weighted by molar-refractivity contribution is -0.167. The zero-order valence-corrected chi connectivity index (χ0v) is 9.80. The zero-order chi connectivity index (χ0) is 12.4. The topological polar surface area (TPSA) is 94.3 Å². The number of aliphatic hydroxyl groups excluding tert-OH is 3. The number of nitrogens with zero attached hydrogens (tertiary/aromatic N) is 1. The van der Waals surface area contributed by atoms with E-state index in [0.29, 0.717) is 5.17 Å². The number of ether oxygens (including phenoxy) is 1. The molecule has 7 heteroatoms. The Labute approximate surface area is 103 Å². The second-order valence-corrected chi connectivity index (χ2v) is 4.91. The fourth-order valence-electron chi connectivity index (χ4n) is 1.82. The maximum absolute atomic E-state index is 9.88. The van der Waals surface area contributed by atoms with Crippen LogP contribution in [0.1, 0.15) is 0 Å². The van der Waals surface area contributed by atoms with Crippen LogP contribution in [-0.2, 0) is 4.74 Å². The van der Waals surface area contributed by atoms with E-state index in [1.165, 1.54) is 11.8 Å². The molecule has 0 bridgehead atoms. The minimum Gasteiger partial charge on any atom is -0.394 e. The Hall–Kier alpha value is -0.780. The van der Waals surface area contributed by atoms with Gasteiger partial charge < -0.3 is 25.4 Å². The highest BCUT2D eigenvalue weighted by molar-refractivity contribution is 8.14. The van der Waals surface area contributed by atoms with E-state index in [0.717, 1.165) is 0 Å². The molecule has 2 aliphatic rings. The molecule has 2 rings (SSSR count). The summed E-state index contributed by atoms with van der Waals surface area (Å²) < 4.78 is 5.46. The molecule has 0 aromatic carbocycles. The number of amidine groups is 1. The molecule has 0 aliphatic carbocycles. The van der Waals surface area contributed by atoms with Crippen molar-refractivity contribution in [2.45, 2.75) is 29.8 Å². The molecular formula is C10H14N2O4S. The number of hydrogen-bond acceptors (Lipinski definition) is 6. The van der Waals surface area contributed by atoms with Gasteiger partial charge in [-0.05, 0) is 0 Å². The van der Waals surface area contributed by atoms with Gasteiger partial charge in [-0.2, -0.15) is 0 Å². The molecule has 4 N–H and O–H groups in total. The first-order valence-electron chi connectivity index (χ1n) is 5.21. The summed E-state index contributed by atoms with van der Waals surface area (Å²) in [5.74, 6) is 2.38. The summed E-state index contributed by atoms with van der Waals surface area (Å²) in [6.45, 7) is -0.0876. The van der Waals surface area contributed by atoms with Gasteiger partial charge in [0.1, 0.15) is 30.3 Å². The highest BCUT2D eigenvalue weighted by atomic mass is 32.2. The Balaban J connectivity index is 2.08. The van der Waals surface area contributed by atoms with Crippen molar-refractivity contribution in [2.24, 2.45) is 4.99 Å². The van der Waals surface area contributed by atoms with Crippen LogP contribution in [0.4, 0.5) is 0 Å². The number of hydrogen-bond donors (Lipinski definition) is 4. The number of nitrogens with one attached hydrogen (secondary N) is 1. The first kappa shape index (κ1) is 12.7. The molecule has 2 heterocycles. The summed E-state index contributed by atoms with van der Waals surface area (Å²) in [7, 11) is 0. The first-order valence-corrected chi connectivity index (χ1v) is 6.09. The van der Waals surface area contributed by atoms with Gasteiger partial charge in [0.05, 0.1) is 12.6 Å². The fraction of sp³-hybridized carbons (Fsp3) is 0.700.